The molecule has 96 valence electrons. The minimum absolute atomic E-state index is 0.523. The van der Waals surface area contributed by atoms with E-state index in [-0.39, 0.29) is 0 Å². The number of thiophene rings is 1. The molecule has 1 aliphatic heterocycles. The van der Waals surface area contributed by atoms with Crippen LogP contribution in [0.4, 0.5) is 0 Å². The maximum Gasteiger partial charge on any atom is 0.0635 e. The molecule has 0 spiro atoms. The number of morpholine rings is 1. The third-order valence-electron chi connectivity index (χ3n) is 3.12. The number of hydrogen-bond acceptors (Lipinski definition) is 4. The van der Waals surface area contributed by atoms with Gasteiger partial charge in [-0.15, -0.1) is 0 Å². The summed E-state index contributed by atoms with van der Waals surface area (Å²) in [5.41, 5.74) is 1.43. The molecule has 1 aliphatic rings. The van der Waals surface area contributed by atoms with Gasteiger partial charge in [0.1, 0.15) is 0 Å². The molecule has 0 aromatic carbocycles. The van der Waals surface area contributed by atoms with Gasteiger partial charge in [0.15, 0.2) is 0 Å². The molecular formula is C13H22N2OS. The molecule has 0 radical (unpaired) electrons. The van der Waals surface area contributed by atoms with Crippen LogP contribution >= 0.6 is 11.3 Å². The second-order valence-electron chi connectivity index (χ2n) is 4.53. The Morgan fingerprint density at radius 3 is 3.29 bits per heavy atom. The standard InChI is InChI=1S/C13H22N2OS/c1-2-4-14-8-13-10-16-6-5-15(13)9-12-3-7-17-11-12/h3,7,11,13-14H,2,4-6,8-10H2,1H3. The Kier molecular flexibility index (Phi) is 5.45. The third kappa shape index (κ3) is 4.07. The van der Waals surface area contributed by atoms with E-state index in [1.807, 2.05) is 0 Å². The molecule has 1 aromatic heterocycles. The minimum Gasteiger partial charge on any atom is -0.378 e. The van der Waals surface area contributed by atoms with Crippen LogP contribution in [-0.4, -0.2) is 43.8 Å². The summed E-state index contributed by atoms with van der Waals surface area (Å²) in [6, 6.07) is 2.74. The van der Waals surface area contributed by atoms with Gasteiger partial charge in [0.2, 0.25) is 0 Å². The van der Waals surface area contributed by atoms with Crippen molar-refractivity contribution in [1.29, 1.82) is 0 Å². The van der Waals surface area contributed by atoms with E-state index in [4.69, 9.17) is 4.74 Å². The summed E-state index contributed by atoms with van der Waals surface area (Å²) in [5, 5.41) is 7.89. The molecule has 1 N–H and O–H groups in total. The summed E-state index contributed by atoms with van der Waals surface area (Å²) >= 11 is 1.78. The first-order valence-corrected chi connectivity index (χ1v) is 7.38. The number of nitrogens with one attached hydrogen (secondary N) is 1. The Balaban J connectivity index is 1.83. The lowest BCUT2D eigenvalue weighted by Gasteiger charge is -2.35. The lowest BCUT2D eigenvalue weighted by atomic mass is 10.2. The van der Waals surface area contributed by atoms with E-state index in [9.17, 15) is 0 Å². The van der Waals surface area contributed by atoms with Crippen LogP contribution in [0, 0.1) is 0 Å². The van der Waals surface area contributed by atoms with Crippen molar-refractivity contribution in [3.8, 4) is 0 Å². The molecule has 3 nitrogen and oxygen atoms in total. The molecule has 1 atom stereocenters. The molecule has 2 rings (SSSR count). The van der Waals surface area contributed by atoms with Gasteiger partial charge in [-0.2, -0.15) is 11.3 Å². The van der Waals surface area contributed by atoms with Gasteiger partial charge in [-0.3, -0.25) is 4.90 Å². The average molecular weight is 254 g/mol. The molecule has 1 aromatic rings. The Hall–Kier alpha value is -0.420. The van der Waals surface area contributed by atoms with Gasteiger partial charge in [0.25, 0.3) is 0 Å². The van der Waals surface area contributed by atoms with Crippen molar-refractivity contribution < 1.29 is 4.74 Å². The SMILES string of the molecule is CCCNCC1COCCN1Cc1ccsc1. The highest BCUT2D eigenvalue weighted by Gasteiger charge is 2.22. The molecule has 1 saturated heterocycles. The number of rotatable bonds is 6. The molecule has 0 aliphatic carbocycles. The topological polar surface area (TPSA) is 24.5 Å². The fourth-order valence-electron chi connectivity index (χ4n) is 2.15. The summed E-state index contributed by atoms with van der Waals surface area (Å²) in [6.45, 7) is 8.18. The van der Waals surface area contributed by atoms with Crippen molar-refractivity contribution in [3.63, 3.8) is 0 Å². The van der Waals surface area contributed by atoms with Gasteiger partial charge < -0.3 is 10.1 Å². The Morgan fingerprint density at radius 2 is 2.53 bits per heavy atom. The average Bonchev–Trinajstić information content (AvgIpc) is 2.84. The van der Waals surface area contributed by atoms with Crippen LogP contribution in [0.2, 0.25) is 0 Å². The van der Waals surface area contributed by atoms with Gasteiger partial charge in [-0.05, 0) is 35.4 Å². The summed E-state index contributed by atoms with van der Waals surface area (Å²) in [6.07, 6.45) is 1.19. The van der Waals surface area contributed by atoms with E-state index in [0.717, 1.165) is 39.4 Å². The van der Waals surface area contributed by atoms with Crippen molar-refractivity contribution in [1.82, 2.24) is 10.2 Å². The van der Waals surface area contributed by atoms with Crippen molar-refractivity contribution in [2.24, 2.45) is 0 Å². The molecule has 0 bridgehead atoms. The van der Waals surface area contributed by atoms with E-state index in [1.165, 1.54) is 12.0 Å². The minimum atomic E-state index is 0.523. The third-order valence-corrected chi connectivity index (χ3v) is 3.85. The van der Waals surface area contributed by atoms with Crippen LogP contribution in [0.3, 0.4) is 0 Å². The predicted octanol–water partition coefficient (Wildman–Crippen LogP) is 1.95. The van der Waals surface area contributed by atoms with E-state index >= 15 is 0 Å². The predicted molar refractivity (Wildman–Crippen MR) is 72.5 cm³/mol. The van der Waals surface area contributed by atoms with E-state index in [1.54, 1.807) is 11.3 Å². The zero-order chi connectivity index (χ0) is 11.9. The quantitative estimate of drug-likeness (QED) is 0.785. The molecule has 2 heterocycles. The Bertz CT molecular complexity index is 302. The van der Waals surface area contributed by atoms with Gasteiger partial charge in [0, 0.05) is 25.7 Å². The largest absolute Gasteiger partial charge is 0.378 e. The van der Waals surface area contributed by atoms with Crippen LogP contribution in [0.25, 0.3) is 0 Å². The zero-order valence-electron chi connectivity index (χ0n) is 10.5. The first kappa shape index (κ1) is 13.0. The van der Waals surface area contributed by atoms with Crippen LogP contribution in [0.15, 0.2) is 16.8 Å². The Morgan fingerprint density at radius 1 is 1.59 bits per heavy atom. The van der Waals surface area contributed by atoms with Crippen molar-refractivity contribution in [3.05, 3.63) is 22.4 Å². The fourth-order valence-corrected chi connectivity index (χ4v) is 2.81. The normalized spacial score (nSPS) is 21.8. The summed E-state index contributed by atoms with van der Waals surface area (Å²) < 4.78 is 5.58. The van der Waals surface area contributed by atoms with E-state index in [2.05, 4.69) is 34.0 Å². The summed E-state index contributed by atoms with van der Waals surface area (Å²) in [5.74, 6) is 0. The van der Waals surface area contributed by atoms with Crippen LogP contribution in [0.1, 0.15) is 18.9 Å². The molecule has 17 heavy (non-hydrogen) atoms. The Labute approximate surface area is 108 Å². The number of ether oxygens (including phenoxy) is 1. The van der Waals surface area contributed by atoms with Gasteiger partial charge in [-0.1, -0.05) is 6.92 Å². The summed E-state index contributed by atoms with van der Waals surface area (Å²) in [7, 11) is 0. The van der Waals surface area contributed by atoms with Gasteiger partial charge in [0.05, 0.1) is 13.2 Å². The highest BCUT2D eigenvalue weighted by Crippen LogP contribution is 2.14. The molecule has 4 heteroatoms. The molecule has 1 fully saturated rings. The van der Waals surface area contributed by atoms with Gasteiger partial charge >= 0.3 is 0 Å². The number of hydrogen-bond donors (Lipinski definition) is 1. The van der Waals surface area contributed by atoms with Crippen LogP contribution in [-0.2, 0) is 11.3 Å². The van der Waals surface area contributed by atoms with Gasteiger partial charge in [-0.25, -0.2) is 0 Å². The first-order chi connectivity index (χ1) is 8.40. The fraction of sp³-hybridized carbons (Fsp3) is 0.692. The monoisotopic (exact) mass is 254 g/mol. The van der Waals surface area contributed by atoms with Crippen LogP contribution < -0.4 is 5.32 Å². The van der Waals surface area contributed by atoms with Crippen molar-refractivity contribution >= 4 is 11.3 Å². The second-order valence-corrected chi connectivity index (χ2v) is 5.31. The molecular weight excluding hydrogens is 232 g/mol. The molecule has 0 saturated carbocycles. The lowest BCUT2D eigenvalue weighted by Crippen LogP contribution is -2.49. The molecule has 0 amide bonds. The number of nitrogens with zero attached hydrogens (tertiary/aromatic N) is 1. The molecule has 1 unspecified atom stereocenters. The van der Waals surface area contributed by atoms with E-state index < -0.39 is 0 Å². The highest BCUT2D eigenvalue weighted by atomic mass is 32.1. The smallest absolute Gasteiger partial charge is 0.0635 e. The lowest BCUT2D eigenvalue weighted by molar-refractivity contribution is -0.0108. The maximum absolute atomic E-state index is 5.58. The maximum atomic E-state index is 5.58. The van der Waals surface area contributed by atoms with Crippen molar-refractivity contribution in [2.45, 2.75) is 25.9 Å². The second kappa shape index (κ2) is 7.11. The first-order valence-electron chi connectivity index (χ1n) is 6.43. The zero-order valence-corrected chi connectivity index (χ0v) is 11.3. The summed E-state index contributed by atoms with van der Waals surface area (Å²) in [4.78, 5) is 2.54. The highest BCUT2D eigenvalue weighted by molar-refractivity contribution is 7.07. The van der Waals surface area contributed by atoms with Crippen molar-refractivity contribution in [2.75, 3.05) is 32.8 Å². The van der Waals surface area contributed by atoms with E-state index in [0.29, 0.717) is 6.04 Å². The van der Waals surface area contributed by atoms with Crippen LogP contribution in [0.5, 0.6) is 0 Å².